The van der Waals surface area contributed by atoms with E-state index in [2.05, 4.69) is 39.0 Å². The highest BCUT2D eigenvalue weighted by Crippen LogP contribution is 2.32. The number of halogens is 1. The van der Waals surface area contributed by atoms with E-state index in [4.69, 9.17) is 14.2 Å². The van der Waals surface area contributed by atoms with E-state index in [1.165, 1.54) is 5.56 Å². The maximum Gasteiger partial charge on any atom is 0.164 e. The Bertz CT molecular complexity index is 684. The first-order valence-corrected chi connectivity index (χ1v) is 9.89. The van der Waals surface area contributed by atoms with Crippen molar-refractivity contribution in [1.29, 1.82) is 0 Å². The molecule has 0 spiro atoms. The minimum Gasteiger partial charge on any atom is -0.493 e. The van der Waals surface area contributed by atoms with Crippen LogP contribution in [0.4, 0.5) is 0 Å². The lowest BCUT2D eigenvalue weighted by Gasteiger charge is -2.26. The highest BCUT2D eigenvalue weighted by atomic mass is 79.9. The number of methoxy groups -OCH3 is 1. The molecule has 0 aromatic heterocycles. The zero-order valence-electron chi connectivity index (χ0n) is 15.2. The molecule has 26 heavy (non-hydrogen) atoms. The van der Waals surface area contributed by atoms with Gasteiger partial charge in [-0.25, -0.2) is 0 Å². The molecule has 0 amide bonds. The molecular formula is C21H26BrNO3. The SMILES string of the molecule is COc1cccc(CCCN2CCOCC2)c1OCc1ccc(Br)cc1. The molecule has 0 aliphatic carbocycles. The lowest BCUT2D eigenvalue weighted by Crippen LogP contribution is -2.36. The van der Waals surface area contributed by atoms with E-state index in [1.807, 2.05) is 24.3 Å². The molecule has 2 aromatic carbocycles. The van der Waals surface area contributed by atoms with Gasteiger partial charge in [-0.3, -0.25) is 4.90 Å². The molecule has 0 N–H and O–H groups in total. The van der Waals surface area contributed by atoms with Gasteiger partial charge in [-0.15, -0.1) is 0 Å². The first-order valence-electron chi connectivity index (χ1n) is 9.09. The molecular weight excluding hydrogens is 394 g/mol. The quantitative estimate of drug-likeness (QED) is 0.637. The Balaban J connectivity index is 1.62. The number of rotatable bonds is 8. The summed E-state index contributed by atoms with van der Waals surface area (Å²) in [4.78, 5) is 2.46. The van der Waals surface area contributed by atoms with Crippen LogP contribution in [0.3, 0.4) is 0 Å². The number of morpholine rings is 1. The first-order chi connectivity index (χ1) is 12.8. The molecule has 0 atom stereocenters. The van der Waals surface area contributed by atoms with Gasteiger partial charge in [-0.05, 0) is 48.7 Å². The molecule has 1 heterocycles. The summed E-state index contributed by atoms with van der Waals surface area (Å²) >= 11 is 3.46. The van der Waals surface area contributed by atoms with Gasteiger partial charge in [0.05, 0.1) is 20.3 Å². The van der Waals surface area contributed by atoms with Gasteiger partial charge < -0.3 is 14.2 Å². The Labute approximate surface area is 164 Å². The molecule has 1 aliphatic heterocycles. The van der Waals surface area contributed by atoms with Crippen molar-refractivity contribution in [3.8, 4) is 11.5 Å². The fraction of sp³-hybridized carbons (Fsp3) is 0.429. The van der Waals surface area contributed by atoms with E-state index >= 15 is 0 Å². The van der Waals surface area contributed by atoms with Crippen molar-refractivity contribution in [2.24, 2.45) is 0 Å². The van der Waals surface area contributed by atoms with Crippen LogP contribution in [-0.2, 0) is 17.8 Å². The van der Waals surface area contributed by atoms with Crippen molar-refractivity contribution in [2.45, 2.75) is 19.4 Å². The summed E-state index contributed by atoms with van der Waals surface area (Å²) in [5.41, 5.74) is 2.34. The van der Waals surface area contributed by atoms with E-state index in [0.717, 1.165) is 67.2 Å². The fourth-order valence-corrected chi connectivity index (χ4v) is 3.40. The second-order valence-electron chi connectivity index (χ2n) is 6.42. The number of para-hydroxylation sites is 1. The monoisotopic (exact) mass is 419 g/mol. The average molecular weight is 420 g/mol. The van der Waals surface area contributed by atoms with E-state index in [-0.39, 0.29) is 0 Å². The van der Waals surface area contributed by atoms with Gasteiger partial charge in [0.1, 0.15) is 6.61 Å². The molecule has 2 aromatic rings. The van der Waals surface area contributed by atoms with Crippen LogP contribution in [-0.4, -0.2) is 44.9 Å². The summed E-state index contributed by atoms with van der Waals surface area (Å²) in [6.07, 6.45) is 2.08. The third-order valence-electron chi connectivity index (χ3n) is 4.60. The van der Waals surface area contributed by atoms with Crippen LogP contribution in [0, 0.1) is 0 Å². The summed E-state index contributed by atoms with van der Waals surface area (Å²) in [6, 6.07) is 14.3. The maximum atomic E-state index is 6.15. The summed E-state index contributed by atoms with van der Waals surface area (Å²) in [5.74, 6) is 1.66. The Kier molecular flexibility index (Phi) is 7.35. The summed E-state index contributed by atoms with van der Waals surface area (Å²) in [6.45, 7) is 5.38. The van der Waals surface area contributed by atoms with Gasteiger partial charge in [0.15, 0.2) is 11.5 Å². The summed E-state index contributed by atoms with van der Waals surface area (Å²) in [5, 5.41) is 0. The topological polar surface area (TPSA) is 30.9 Å². The number of aryl methyl sites for hydroxylation is 1. The molecule has 5 heteroatoms. The van der Waals surface area contributed by atoms with Crippen molar-refractivity contribution in [3.63, 3.8) is 0 Å². The lowest BCUT2D eigenvalue weighted by atomic mass is 10.1. The number of benzene rings is 2. The van der Waals surface area contributed by atoms with Crippen LogP contribution < -0.4 is 9.47 Å². The molecule has 1 fully saturated rings. The smallest absolute Gasteiger partial charge is 0.164 e. The maximum absolute atomic E-state index is 6.15. The van der Waals surface area contributed by atoms with Crippen molar-refractivity contribution < 1.29 is 14.2 Å². The van der Waals surface area contributed by atoms with Crippen LogP contribution in [0.2, 0.25) is 0 Å². The Morgan fingerprint density at radius 2 is 1.85 bits per heavy atom. The van der Waals surface area contributed by atoms with E-state index in [0.29, 0.717) is 6.61 Å². The van der Waals surface area contributed by atoms with Crippen LogP contribution in [0.15, 0.2) is 46.9 Å². The lowest BCUT2D eigenvalue weighted by molar-refractivity contribution is 0.0374. The number of hydrogen-bond acceptors (Lipinski definition) is 4. The van der Waals surface area contributed by atoms with Crippen LogP contribution in [0.25, 0.3) is 0 Å². The van der Waals surface area contributed by atoms with E-state index in [9.17, 15) is 0 Å². The Morgan fingerprint density at radius 3 is 2.58 bits per heavy atom. The Morgan fingerprint density at radius 1 is 1.08 bits per heavy atom. The minimum absolute atomic E-state index is 0.532. The number of hydrogen-bond donors (Lipinski definition) is 0. The highest BCUT2D eigenvalue weighted by molar-refractivity contribution is 9.10. The summed E-state index contributed by atoms with van der Waals surface area (Å²) in [7, 11) is 1.69. The molecule has 1 saturated heterocycles. The Hall–Kier alpha value is -1.56. The van der Waals surface area contributed by atoms with E-state index < -0.39 is 0 Å². The molecule has 4 nitrogen and oxygen atoms in total. The predicted octanol–water partition coefficient (Wildman–Crippen LogP) is 4.30. The van der Waals surface area contributed by atoms with Gasteiger partial charge in [0.25, 0.3) is 0 Å². The van der Waals surface area contributed by atoms with Gasteiger partial charge in [0.2, 0.25) is 0 Å². The van der Waals surface area contributed by atoms with Gasteiger partial charge in [-0.2, -0.15) is 0 Å². The van der Waals surface area contributed by atoms with Crippen molar-refractivity contribution in [1.82, 2.24) is 4.90 Å². The largest absolute Gasteiger partial charge is 0.493 e. The zero-order valence-corrected chi connectivity index (χ0v) is 16.8. The van der Waals surface area contributed by atoms with E-state index in [1.54, 1.807) is 7.11 Å². The van der Waals surface area contributed by atoms with Crippen LogP contribution >= 0.6 is 15.9 Å². The predicted molar refractivity (Wildman–Crippen MR) is 107 cm³/mol. The highest BCUT2D eigenvalue weighted by Gasteiger charge is 2.13. The third-order valence-corrected chi connectivity index (χ3v) is 5.13. The molecule has 0 saturated carbocycles. The standard InChI is InChI=1S/C21H26BrNO3/c1-24-20-6-2-4-18(5-3-11-23-12-14-25-15-13-23)21(20)26-16-17-7-9-19(22)10-8-17/h2,4,6-10H,3,5,11-16H2,1H3. The zero-order chi connectivity index (χ0) is 18.2. The first kappa shape index (κ1) is 19.2. The van der Waals surface area contributed by atoms with Gasteiger partial charge >= 0.3 is 0 Å². The van der Waals surface area contributed by atoms with Crippen molar-refractivity contribution in [2.75, 3.05) is 40.0 Å². The average Bonchev–Trinajstić information content (AvgIpc) is 2.69. The molecule has 140 valence electrons. The molecule has 0 radical (unpaired) electrons. The van der Waals surface area contributed by atoms with Crippen molar-refractivity contribution in [3.05, 3.63) is 58.1 Å². The molecule has 0 bridgehead atoms. The third kappa shape index (κ3) is 5.47. The second kappa shape index (κ2) is 9.95. The van der Waals surface area contributed by atoms with Gasteiger partial charge in [-0.1, -0.05) is 40.2 Å². The number of ether oxygens (including phenoxy) is 3. The van der Waals surface area contributed by atoms with Crippen molar-refractivity contribution >= 4 is 15.9 Å². The minimum atomic E-state index is 0.532. The normalized spacial score (nSPS) is 15.0. The molecule has 0 unspecified atom stereocenters. The number of nitrogens with zero attached hydrogens (tertiary/aromatic N) is 1. The fourth-order valence-electron chi connectivity index (χ4n) is 3.14. The van der Waals surface area contributed by atoms with Gasteiger partial charge in [0, 0.05) is 17.6 Å². The van der Waals surface area contributed by atoms with Crippen LogP contribution in [0.5, 0.6) is 11.5 Å². The molecule has 1 aliphatic rings. The second-order valence-corrected chi connectivity index (χ2v) is 7.34. The summed E-state index contributed by atoms with van der Waals surface area (Å²) < 4.78 is 18.2. The van der Waals surface area contributed by atoms with Crippen LogP contribution in [0.1, 0.15) is 17.5 Å². The molecule has 3 rings (SSSR count).